The average molecular weight is 296 g/mol. The molecule has 0 saturated heterocycles. The molecule has 0 atom stereocenters. The van der Waals surface area contributed by atoms with E-state index < -0.39 is 0 Å². The number of rotatable bonds is 6. The van der Waals surface area contributed by atoms with Crippen LogP contribution >= 0.6 is 0 Å². The van der Waals surface area contributed by atoms with Gasteiger partial charge in [0.25, 0.3) is 0 Å². The third-order valence-electron chi connectivity index (χ3n) is 2.75. The van der Waals surface area contributed by atoms with E-state index in [1.165, 1.54) is 6.92 Å². The molecule has 2 aromatic rings. The Morgan fingerprint density at radius 2 is 2.23 bits per heavy atom. The molecule has 0 aliphatic carbocycles. The lowest BCUT2D eigenvalue weighted by molar-refractivity contribution is -0.114. The standard InChI is InChI=1S/C16H16N4O2/c1-12(21)20-14-5-2-6-15(10-14)22-9-8-19-16-13(11-17)4-3-7-18-16/h2-7,10H,8-9H2,1H3,(H,18,19)(H,20,21). The fourth-order valence-corrected chi connectivity index (χ4v) is 1.84. The number of anilines is 2. The minimum atomic E-state index is -0.127. The van der Waals surface area contributed by atoms with E-state index in [0.717, 1.165) is 0 Å². The topological polar surface area (TPSA) is 87.0 Å². The van der Waals surface area contributed by atoms with Gasteiger partial charge in [0, 0.05) is 24.9 Å². The van der Waals surface area contributed by atoms with E-state index in [-0.39, 0.29) is 5.91 Å². The van der Waals surface area contributed by atoms with Crippen molar-refractivity contribution in [1.29, 1.82) is 5.26 Å². The van der Waals surface area contributed by atoms with E-state index >= 15 is 0 Å². The minimum Gasteiger partial charge on any atom is -0.492 e. The highest BCUT2D eigenvalue weighted by molar-refractivity contribution is 5.88. The van der Waals surface area contributed by atoms with Crippen molar-refractivity contribution in [3.63, 3.8) is 0 Å². The largest absolute Gasteiger partial charge is 0.492 e. The van der Waals surface area contributed by atoms with E-state index in [0.29, 0.717) is 36.0 Å². The van der Waals surface area contributed by atoms with Crippen molar-refractivity contribution in [2.24, 2.45) is 0 Å². The molecule has 0 radical (unpaired) electrons. The number of nitrogens with one attached hydrogen (secondary N) is 2. The summed E-state index contributed by atoms with van der Waals surface area (Å²) in [5.74, 6) is 1.08. The molecule has 2 rings (SSSR count). The maximum absolute atomic E-state index is 11.0. The Kier molecular flexibility index (Phi) is 5.32. The summed E-state index contributed by atoms with van der Waals surface area (Å²) in [4.78, 5) is 15.1. The predicted octanol–water partition coefficient (Wildman–Crippen LogP) is 2.40. The SMILES string of the molecule is CC(=O)Nc1cccc(OCCNc2ncccc2C#N)c1. The Hall–Kier alpha value is -3.07. The van der Waals surface area contributed by atoms with Gasteiger partial charge in [-0.15, -0.1) is 0 Å². The van der Waals surface area contributed by atoms with E-state index in [9.17, 15) is 4.79 Å². The number of benzene rings is 1. The summed E-state index contributed by atoms with van der Waals surface area (Å²) in [6.45, 7) is 2.37. The first-order valence-corrected chi connectivity index (χ1v) is 6.78. The molecule has 0 saturated carbocycles. The van der Waals surface area contributed by atoms with E-state index in [4.69, 9.17) is 10.00 Å². The fourth-order valence-electron chi connectivity index (χ4n) is 1.84. The van der Waals surface area contributed by atoms with Crippen LogP contribution in [0.15, 0.2) is 42.6 Å². The quantitative estimate of drug-likeness (QED) is 0.799. The monoisotopic (exact) mass is 296 g/mol. The van der Waals surface area contributed by atoms with Crippen LogP contribution in [0.2, 0.25) is 0 Å². The second kappa shape index (κ2) is 7.64. The van der Waals surface area contributed by atoms with Crippen molar-refractivity contribution in [3.8, 4) is 11.8 Å². The molecule has 1 aromatic carbocycles. The second-order valence-electron chi connectivity index (χ2n) is 4.50. The molecule has 0 bridgehead atoms. The highest BCUT2D eigenvalue weighted by Gasteiger charge is 2.02. The molecule has 2 N–H and O–H groups in total. The first-order valence-electron chi connectivity index (χ1n) is 6.78. The van der Waals surface area contributed by atoms with Gasteiger partial charge in [0.15, 0.2) is 0 Å². The van der Waals surface area contributed by atoms with Gasteiger partial charge in [-0.3, -0.25) is 4.79 Å². The number of carbonyl (C=O) groups is 1. The summed E-state index contributed by atoms with van der Waals surface area (Å²) in [5, 5.41) is 14.7. The Morgan fingerprint density at radius 3 is 3.00 bits per heavy atom. The van der Waals surface area contributed by atoms with Crippen LogP contribution in [0.4, 0.5) is 11.5 Å². The molecule has 22 heavy (non-hydrogen) atoms. The van der Waals surface area contributed by atoms with Gasteiger partial charge in [-0.25, -0.2) is 4.98 Å². The molecule has 112 valence electrons. The van der Waals surface area contributed by atoms with Gasteiger partial charge in [-0.1, -0.05) is 6.07 Å². The second-order valence-corrected chi connectivity index (χ2v) is 4.50. The van der Waals surface area contributed by atoms with E-state index in [1.807, 2.05) is 6.07 Å². The number of hydrogen-bond acceptors (Lipinski definition) is 5. The number of amides is 1. The summed E-state index contributed by atoms with van der Waals surface area (Å²) in [6, 6.07) is 12.7. The van der Waals surface area contributed by atoms with Gasteiger partial charge in [-0.2, -0.15) is 5.26 Å². The van der Waals surface area contributed by atoms with Crippen molar-refractivity contribution in [3.05, 3.63) is 48.2 Å². The number of pyridine rings is 1. The first kappa shape index (κ1) is 15.3. The van der Waals surface area contributed by atoms with Crippen LogP contribution in [0.3, 0.4) is 0 Å². The molecular formula is C16H16N4O2. The van der Waals surface area contributed by atoms with Crippen molar-refractivity contribution < 1.29 is 9.53 Å². The molecule has 1 aromatic heterocycles. The Morgan fingerprint density at radius 1 is 1.36 bits per heavy atom. The molecule has 6 heteroatoms. The number of hydrogen-bond donors (Lipinski definition) is 2. The summed E-state index contributed by atoms with van der Waals surface area (Å²) in [5.41, 5.74) is 1.18. The summed E-state index contributed by atoms with van der Waals surface area (Å²) in [7, 11) is 0. The van der Waals surface area contributed by atoms with Crippen molar-refractivity contribution in [2.75, 3.05) is 23.8 Å². The maximum atomic E-state index is 11.0. The highest BCUT2D eigenvalue weighted by atomic mass is 16.5. The maximum Gasteiger partial charge on any atom is 0.221 e. The molecule has 1 amide bonds. The Balaban J connectivity index is 1.84. The van der Waals surface area contributed by atoms with Gasteiger partial charge < -0.3 is 15.4 Å². The van der Waals surface area contributed by atoms with Gasteiger partial charge in [0.1, 0.15) is 24.2 Å². The van der Waals surface area contributed by atoms with Crippen molar-refractivity contribution >= 4 is 17.4 Å². The summed E-state index contributed by atoms with van der Waals surface area (Å²) < 4.78 is 5.60. The van der Waals surface area contributed by atoms with Crippen LogP contribution in [0.1, 0.15) is 12.5 Å². The van der Waals surface area contributed by atoms with E-state index in [1.54, 1.807) is 36.5 Å². The van der Waals surface area contributed by atoms with Crippen molar-refractivity contribution in [2.45, 2.75) is 6.92 Å². The van der Waals surface area contributed by atoms with Gasteiger partial charge >= 0.3 is 0 Å². The smallest absolute Gasteiger partial charge is 0.221 e. The number of carbonyl (C=O) groups excluding carboxylic acids is 1. The zero-order valence-electron chi connectivity index (χ0n) is 12.2. The van der Waals surface area contributed by atoms with Crippen LogP contribution in [-0.2, 0) is 4.79 Å². The Labute approximate surface area is 128 Å². The lowest BCUT2D eigenvalue weighted by Gasteiger charge is -2.10. The zero-order valence-corrected chi connectivity index (χ0v) is 12.2. The van der Waals surface area contributed by atoms with Crippen LogP contribution in [0, 0.1) is 11.3 Å². The molecule has 0 aliphatic heterocycles. The highest BCUT2D eigenvalue weighted by Crippen LogP contribution is 2.17. The fraction of sp³-hybridized carbons (Fsp3) is 0.188. The Bertz CT molecular complexity index is 695. The molecule has 6 nitrogen and oxygen atoms in total. The number of nitrogens with zero attached hydrogens (tertiary/aromatic N) is 2. The average Bonchev–Trinajstić information content (AvgIpc) is 2.51. The van der Waals surface area contributed by atoms with Gasteiger partial charge in [-0.05, 0) is 24.3 Å². The van der Waals surface area contributed by atoms with Crippen LogP contribution in [0.5, 0.6) is 5.75 Å². The minimum absolute atomic E-state index is 0.127. The third-order valence-corrected chi connectivity index (χ3v) is 2.75. The van der Waals surface area contributed by atoms with Crippen molar-refractivity contribution in [1.82, 2.24) is 4.98 Å². The lowest BCUT2D eigenvalue weighted by atomic mass is 10.3. The third kappa shape index (κ3) is 4.49. The summed E-state index contributed by atoms with van der Waals surface area (Å²) >= 11 is 0. The van der Waals surface area contributed by atoms with Crippen LogP contribution in [0.25, 0.3) is 0 Å². The lowest BCUT2D eigenvalue weighted by Crippen LogP contribution is -2.13. The number of ether oxygens (including phenoxy) is 1. The predicted molar refractivity (Wildman–Crippen MR) is 83.7 cm³/mol. The molecule has 0 unspecified atom stereocenters. The zero-order chi connectivity index (χ0) is 15.8. The van der Waals surface area contributed by atoms with Gasteiger partial charge in [0.05, 0.1) is 12.1 Å². The van der Waals surface area contributed by atoms with Crippen LogP contribution < -0.4 is 15.4 Å². The normalized spacial score (nSPS) is 9.64. The number of nitriles is 1. The van der Waals surface area contributed by atoms with E-state index in [2.05, 4.69) is 21.7 Å². The molecule has 0 spiro atoms. The first-order chi connectivity index (χ1) is 10.7. The molecule has 0 fully saturated rings. The number of aromatic nitrogens is 1. The summed E-state index contributed by atoms with van der Waals surface area (Å²) in [6.07, 6.45) is 1.63. The molecular weight excluding hydrogens is 280 g/mol. The van der Waals surface area contributed by atoms with Gasteiger partial charge in [0.2, 0.25) is 5.91 Å². The molecule has 0 aliphatic rings. The van der Waals surface area contributed by atoms with Crippen LogP contribution in [-0.4, -0.2) is 24.0 Å². The molecule has 1 heterocycles.